The molecule has 1 unspecified atom stereocenters. The number of ether oxygens (including phenoxy) is 1. The first-order chi connectivity index (χ1) is 18.3. The van der Waals surface area contributed by atoms with Gasteiger partial charge in [-0.25, -0.2) is 9.37 Å². The van der Waals surface area contributed by atoms with Gasteiger partial charge < -0.3 is 9.84 Å². The van der Waals surface area contributed by atoms with Crippen LogP contribution in [0.4, 0.5) is 9.52 Å². The van der Waals surface area contributed by atoms with Crippen molar-refractivity contribution in [2.75, 3.05) is 11.5 Å². The molecule has 6 nitrogen and oxygen atoms in total. The molecule has 3 aromatic carbocycles. The van der Waals surface area contributed by atoms with Crippen molar-refractivity contribution in [3.63, 3.8) is 0 Å². The van der Waals surface area contributed by atoms with E-state index in [1.54, 1.807) is 24.3 Å². The Morgan fingerprint density at radius 3 is 2.45 bits per heavy atom. The number of anilines is 1. The van der Waals surface area contributed by atoms with Gasteiger partial charge in [-0.1, -0.05) is 56.4 Å². The molecule has 1 aliphatic heterocycles. The third-order valence-electron chi connectivity index (χ3n) is 6.51. The van der Waals surface area contributed by atoms with Crippen molar-refractivity contribution >= 4 is 44.1 Å². The van der Waals surface area contributed by atoms with E-state index in [4.69, 9.17) is 4.74 Å². The van der Waals surface area contributed by atoms with Crippen LogP contribution in [-0.2, 0) is 9.59 Å². The molecular formula is C30H27FN2O4S. The Kier molecular flexibility index (Phi) is 6.99. The summed E-state index contributed by atoms with van der Waals surface area (Å²) in [4.78, 5) is 32.7. The van der Waals surface area contributed by atoms with Crippen molar-refractivity contribution in [2.45, 2.75) is 39.2 Å². The van der Waals surface area contributed by atoms with E-state index in [1.807, 2.05) is 31.2 Å². The Morgan fingerprint density at radius 2 is 1.79 bits per heavy atom. The van der Waals surface area contributed by atoms with Gasteiger partial charge in [-0.3, -0.25) is 14.5 Å². The van der Waals surface area contributed by atoms with E-state index in [2.05, 4.69) is 18.8 Å². The highest BCUT2D eigenvalue weighted by molar-refractivity contribution is 7.22. The normalized spacial score (nSPS) is 17.1. The number of rotatable bonds is 7. The van der Waals surface area contributed by atoms with Crippen LogP contribution in [0.2, 0.25) is 0 Å². The highest BCUT2D eigenvalue weighted by atomic mass is 32.1. The van der Waals surface area contributed by atoms with E-state index < -0.39 is 23.5 Å². The lowest BCUT2D eigenvalue weighted by Crippen LogP contribution is -2.29. The van der Waals surface area contributed by atoms with Gasteiger partial charge in [0.2, 0.25) is 0 Å². The number of Topliss-reactive ketones (excluding diaryl/α,β-unsaturated/α-hetero) is 1. The van der Waals surface area contributed by atoms with E-state index in [1.165, 1.54) is 23.1 Å². The van der Waals surface area contributed by atoms with Gasteiger partial charge in [0.05, 0.1) is 28.4 Å². The van der Waals surface area contributed by atoms with Crippen molar-refractivity contribution in [2.24, 2.45) is 0 Å². The molecule has 38 heavy (non-hydrogen) atoms. The standard InChI is InChI=1S/C30H27FN2O4S/c1-4-15-37-22-12-9-20(10-13-22)27(34)25-26(19-7-5-18(6-8-19)17(2)3)33(29(36)28(25)35)30-32-23-14-11-21(31)16-24(23)38-30/h5-14,16-17,26,34H,4,15H2,1-3H3. The van der Waals surface area contributed by atoms with E-state index in [0.717, 1.165) is 23.3 Å². The topological polar surface area (TPSA) is 79.7 Å². The maximum absolute atomic E-state index is 13.9. The average Bonchev–Trinajstić information content (AvgIpc) is 3.44. The number of aliphatic hydroxyl groups is 1. The molecular weight excluding hydrogens is 503 g/mol. The summed E-state index contributed by atoms with van der Waals surface area (Å²) in [7, 11) is 0. The number of benzene rings is 3. The molecule has 4 aromatic rings. The molecule has 1 amide bonds. The third-order valence-corrected chi connectivity index (χ3v) is 7.53. The van der Waals surface area contributed by atoms with Crippen molar-refractivity contribution in [3.8, 4) is 5.75 Å². The van der Waals surface area contributed by atoms with Crippen LogP contribution in [0.5, 0.6) is 5.75 Å². The van der Waals surface area contributed by atoms with Crippen molar-refractivity contribution in [1.82, 2.24) is 4.98 Å². The highest BCUT2D eigenvalue weighted by Crippen LogP contribution is 2.44. The molecule has 194 valence electrons. The summed E-state index contributed by atoms with van der Waals surface area (Å²) in [6.45, 7) is 6.73. The predicted molar refractivity (Wildman–Crippen MR) is 147 cm³/mol. The van der Waals surface area contributed by atoms with Crippen LogP contribution in [0, 0.1) is 5.82 Å². The van der Waals surface area contributed by atoms with Crippen molar-refractivity contribution in [3.05, 3.63) is 94.8 Å². The summed E-state index contributed by atoms with van der Waals surface area (Å²) in [6, 6.07) is 17.7. The van der Waals surface area contributed by atoms with Gasteiger partial charge in [-0.05, 0) is 65.9 Å². The molecule has 1 N–H and O–H groups in total. The second kappa shape index (κ2) is 10.4. The minimum absolute atomic E-state index is 0.0278. The molecule has 0 spiro atoms. The molecule has 1 atom stereocenters. The zero-order valence-electron chi connectivity index (χ0n) is 21.3. The minimum Gasteiger partial charge on any atom is -0.507 e. The van der Waals surface area contributed by atoms with Crippen molar-refractivity contribution < 1.29 is 23.8 Å². The van der Waals surface area contributed by atoms with Gasteiger partial charge in [0.15, 0.2) is 5.13 Å². The number of aromatic nitrogens is 1. The lowest BCUT2D eigenvalue weighted by molar-refractivity contribution is -0.132. The highest BCUT2D eigenvalue weighted by Gasteiger charge is 2.48. The predicted octanol–water partition coefficient (Wildman–Crippen LogP) is 6.97. The first-order valence-corrected chi connectivity index (χ1v) is 13.3. The van der Waals surface area contributed by atoms with E-state index >= 15 is 0 Å². The quantitative estimate of drug-likeness (QED) is 0.159. The van der Waals surface area contributed by atoms with E-state index in [-0.39, 0.29) is 16.5 Å². The molecule has 1 fully saturated rings. The molecule has 1 saturated heterocycles. The Balaban J connectivity index is 1.65. The Bertz CT molecular complexity index is 1540. The number of hydrogen-bond acceptors (Lipinski definition) is 6. The maximum Gasteiger partial charge on any atom is 0.301 e. The number of carbonyl (C=O) groups excluding carboxylic acids is 2. The monoisotopic (exact) mass is 530 g/mol. The number of aliphatic hydroxyl groups excluding tert-OH is 1. The smallest absolute Gasteiger partial charge is 0.301 e. The summed E-state index contributed by atoms with van der Waals surface area (Å²) in [5.74, 6) is -1.36. The maximum atomic E-state index is 13.9. The van der Waals surface area contributed by atoms with Crippen LogP contribution in [0.15, 0.2) is 72.3 Å². The summed E-state index contributed by atoms with van der Waals surface area (Å²) < 4.78 is 20.0. The van der Waals surface area contributed by atoms with Gasteiger partial charge >= 0.3 is 5.91 Å². The number of fused-ring (bicyclic) bond motifs is 1. The number of carbonyl (C=O) groups is 2. The summed E-state index contributed by atoms with van der Waals surface area (Å²) in [5.41, 5.74) is 2.64. The molecule has 0 aliphatic carbocycles. The average molecular weight is 531 g/mol. The first-order valence-electron chi connectivity index (χ1n) is 12.5. The van der Waals surface area contributed by atoms with Crippen molar-refractivity contribution in [1.29, 1.82) is 0 Å². The second-order valence-corrected chi connectivity index (χ2v) is 10.5. The number of thiazole rings is 1. The number of halogens is 1. The molecule has 0 bridgehead atoms. The zero-order valence-corrected chi connectivity index (χ0v) is 22.1. The van der Waals surface area contributed by atoms with Gasteiger partial charge in [0.1, 0.15) is 17.3 Å². The second-order valence-electron chi connectivity index (χ2n) is 9.47. The molecule has 2 heterocycles. The molecule has 1 aromatic heterocycles. The number of amides is 1. The summed E-state index contributed by atoms with van der Waals surface area (Å²) in [6.07, 6.45) is 0.860. The van der Waals surface area contributed by atoms with Gasteiger partial charge in [-0.15, -0.1) is 0 Å². The van der Waals surface area contributed by atoms with Gasteiger partial charge in [-0.2, -0.15) is 0 Å². The largest absolute Gasteiger partial charge is 0.507 e. The molecule has 0 radical (unpaired) electrons. The third kappa shape index (κ3) is 4.67. The number of ketones is 1. The number of hydrogen-bond donors (Lipinski definition) is 1. The molecule has 1 aliphatic rings. The first kappa shape index (κ1) is 25.6. The molecule has 8 heteroatoms. The fraction of sp³-hybridized carbons (Fsp3) is 0.233. The van der Waals surface area contributed by atoms with Crippen LogP contribution in [0.25, 0.3) is 16.0 Å². The Hall–Kier alpha value is -4.04. The number of nitrogens with zero attached hydrogens (tertiary/aromatic N) is 2. The SMILES string of the molecule is CCCOc1ccc(C(O)=C2C(=O)C(=O)N(c3nc4ccc(F)cc4s3)C2c2ccc(C(C)C)cc2)cc1. The Labute approximate surface area is 224 Å². The van der Waals surface area contributed by atoms with Crippen LogP contribution in [-0.4, -0.2) is 28.4 Å². The zero-order chi connectivity index (χ0) is 27.0. The van der Waals surface area contributed by atoms with Crippen LogP contribution in [0.1, 0.15) is 55.8 Å². The van der Waals surface area contributed by atoms with Gasteiger partial charge in [0.25, 0.3) is 5.78 Å². The lowest BCUT2D eigenvalue weighted by atomic mass is 9.93. The van der Waals surface area contributed by atoms with E-state index in [0.29, 0.717) is 39.6 Å². The van der Waals surface area contributed by atoms with Crippen LogP contribution >= 0.6 is 11.3 Å². The summed E-state index contributed by atoms with van der Waals surface area (Å²) >= 11 is 1.12. The molecule has 5 rings (SSSR count). The van der Waals surface area contributed by atoms with E-state index in [9.17, 15) is 19.1 Å². The van der Waals surface area contributed by atoms with Crippen LogP contribution < -0.4 is 9.64 Å². The Morgan fingerprint density at radius 1 is 1.08 bits per heavy atom. The summed E-state index contributed by atoms with van der Waals surface area (Å²) in [5, 5.41) is 11.6. The molecule has 0 saturated carbocycles. The van der Waals surface area contributed by atoms with Crippen LogP contribution in [0.3, 0.4) is 0 Å². The van der Waals surface area contributed by atoms with Gasteiger partial charge in [0, 0.05) is 5.56 Å². The minimum atomic E-state index is -0.905. The fourth-order valence-corrected chi connectivity index (χ4v) is 5.50. The fourth-order valence-electron chi connectivity index (χ4n) is 4.48. The lowest BCUT2D eigenvalue weighted by Gasteiger charge is -2.23.